The smallest absolute Gasteiger partial charge is 0.00436 e. The lowest BCUT2D eigenvalue weighted by atomic mass is 9.81. The minimum atomic E-state index is 0.229. The molecule has 1 nitrogen and oxygen atoms in total. The van der Waals surface area contributed by atoms with Crippen molar-refractivity contribution in [2.75, 3.05) is 13.6 Å². The van der Waals surface area contributed by atoms with Gasteiger partial charge in [0, 0.05) is 0 Å². The fraction of sp³-hybridized carbons (Fsp3) is 0.375. The Morgan fingerprint density at radius 3 is 2.41 bits per heavy atom. The maximum Gasteiger partial charge on any atom is -0.00436 e. The quantitative estimate of drug-likeness (QED) is 0.839. The standard InChI is InChI=1S/C16H21N/c1-16(2,10-11-17-3)15-9-8-13-6-4-5-7-14(13)12-15/h4-9,12,17H,10-11H2,1-3H3. The van der Waals surface area contributed by atoms with Crippen LogP contribution in [0.2, 0.25) is 0 Å². The van der Waals surface area contributed by atoms with E-state index in [4.69, 9.17) is 0 Å². The average molecular weight is 227 g/mol. The fourth-order valence-electron chi connectivity index (χ4n) is 2.19. The molecule has 0 unspecified atom stereocenters. The van der Waals surface area contributed by atoms with Gasteiger partial charge in [-0.2, -0.15) is 0 Å². The molecule has 0 heterocycles. The van der Waals surface area contributed by atoms with Gasteiger partial charge < -0.3 is 5.32 Å². The van der Waals surface area contributed by atoms with Gasteiger partial charge in [0.2, 0.25) is 0 Å². The Hall–Kier alpha value is -1.34. The molecule has 0 aliphatic carbocycles. The van der Waals surface area contributed by atoms with Gasteiger partial charge in [-0.1, -0.05) is 56.3 Å². The lowest BCUT2D eigenvalue weighted by Crippen LogP contribution is -2.23. The summed E-state index contributed by atoms with van der Waals surface area (Å²) in [6, 6.07) is 15.4. The summed E-state index contributed by atoms with van der Waals surface area (Å²) in [7, 11) is 2.01. The molecule has 17 heavy (non-hydrogen) atoms. The van der Waals surface area contributed by atoms with Crippen LogP contribution in [0.15, 0.2) is 42.5 Å². The average Bonchev–Trinajstić information content (AvgIpc) is 2.36. The monoisotopic (exact) mass is 227 g/mol. The van der Waals surface area contributed by atoms with Crippen LogP contribution >= 0.6 is 0 Å². The number of benzene rings is 2. The van der Waals surface area contributed by atoms with Gasteiger partial charge in [0.1, 0.15) is 0 Å². The third kappa shape index (κ3) is 2.67. The molecule has 0 aromatic heterocycles. The van der Waals surface area contributed by atoms with Crippen LogP contribution in [0.5, 0.6) is 0 Å². The number of hydrogen-bond donors (Lipinski definition) is 1. The molecule has 0 saturated heterocycles. The predicted octanol–water partition coefficient (Wildman–Crippen LogP) is 3.73. The zero-order valence-corrected chi connectivity index (χ0v) is 11.0. The minimum absolute atomic E-state index is 0.229. The summed E-state index contributed by atoms with van der Waals surface area (Å²) in [5, 5.41) is 5.89. The molecule has 0 aliphatic rings. The molecule has 2 aromatic rings. The maximum atomic E-state index is 3.23. The van der Waals surface area contributed by atoms with Crippen molar-refractivity contribution in [2.45, 2.75) is 25.7 Å². The van der Waals surface area contributed by atoms with Crippen LogP contribution in [0.4, 0.5) is 0 Å². The van der Waals surface area contributed by atoms with Gasteiger partial charge in [0.25, 0.3) is 0 Å². The molecule has 0 atom stereocenters. The Balaban J connectivity index is 2.35. The molecule has 0 spiro atoms. The fourth-order valence-corrected chi connectivity index (χ4v) is 2.19. The van der Waals surface area contributed by atoms with Crippen molar-refractivity contribution in [1.82, 2.24) is 5.32 Å². The molecule has 1 heteroatoms. The summed E-state index contributed by atoms with van der Waals surface area (Å²) in [6.07, 6.45) is 1.15. The summed E-state index contributed by atoms with van der Waals surface area (Å²) < 4.78 is 0. The summed E-state index contributed by atoms with van der Waals surface area (Å²) in [5.41, 5.74) is 1.65. The Morgan fingerprint density at radius 1 is 1.00 bits per heavy atom. The number of nitrogens with one attached hydrogen (secondary N) is 1. The van der Waals surface area contributed by atoms with Crippen LogP contribution in [0, 0.1) is 0 Å². The van der Waals surface area contributed by atoms with Crippen molar-refractivity contribution >= 4 is 10.8 Å². The second-order valence-corrected chi connectivity index (χ2v) is 5.30. The summed E-state index contributed by atoms with van der Waals surface area (Å²) >= 11 is 0. The van der Waals surface area contributed by atoms with E-state index in [1.54, 1.807) is 0 Å². The highest BCUT2D eigenvalue weighted by Crippen LogP contribution is 2.29. The number of rotatable bonds is 4. The lowest BCUT2D eigenvalue weighted by molar-refractivity contribution is 0.469. The van der Waals surface area contributed by atoms with Crippen molar-refractivity contribution in [2.24, 2.45) is 0 Å². The number of hydrogen-bond acceptors (Lipinski definition) is 1. The van der Waals surface area contributed by atoms with E-state index in [1.165, 1.54) is 16.3 Å². The van der Waals surface area contributed by atoms with Crippen molar-refractivity contribution < 1.29 is 0 Å². The van der Waals surface area contributed by atoms with Gasteiger partial charge in [-0.3, -0.25) is 0 Å². The molecule has 0 aliphatic heterocycles. The van der Waals surface area contributed by atoms with Gasteiger partial charge in [-0.05, 0) is 41.8 Å². The van der Waals surface area contributed by atoms with Gasteiger partial charge in [-0.25, -0.2) is 0 Å². The normalized spacial score (nSPS) is 11.9. The zero-order valence-electron chi connectivity index (χ0n) is 11.0. The second kappa shape index (κ2) is 4.89. The highest BCUT2D eigenvalue weighted by molar-refractivity contribution is 5.83. The molecule has 0 saturated carbocycles. The van der Waals surface area contributed by atoms with E-state index in [2.05, 4.69) is 61.6 Å². The molecular formula is C16H21N. The Morgan fingerprint density at radius 2 is 1.71 bits per heavy atom. The van der Waals surface area contributed by atoms with Crippen LogP contribution < -0.4 is 5.32 Å². The van der Waals surface area contributed by atoms with E-state index in [1.807, 2.05) is 7.05 Å². The Bertz CT molecular complexity index is 500. The summed E-state index contributed by atoms with van der Waals surface area (Å²) in [6.45, 7) is 5.68. The SMILES string of the molecule is CNCCC(C)(C)c1ccc2ccccc2c1. The van der Waals surface area contributed by atoms with E-state index >= 15 is 0 Å². The van der Waals surface area contributed by atoms with Crippen molar-refractivity contribution in [3.8, 4) is 0 Å². The molecule has 1 N–H and O–H groups in total. The molecule has 2 aromatic carbocycles. The van der Waals surface area contributed by atoms with Crippen molar-refractivity contribution in [3.05, 3.63) is 48.0 Å². The topological polar surface area (TPSA) is 12.0 Å². The first kappa shape index (κ1) is 12.1. The van der Waals surface area contributed by atoms with Gasteiger partial charge >= 0.3 is 0 Å². The summed E-state index contributed by atoms with van der Waals surface area (Å²) in [4.78, 5) is 0. The molecular weight excluding hydrogens is 206 g/mol. The largest absolute Gasteiger partial charge is 0.320 e. The molecule has 90 valence electrons. The zero-order chi connectivity index (χ0) is 12.3. The van der Waals surface area contributed by atoms with Crippen molar-refractivity contribution in [3.63, 3.8) is 0 Å². The molecule has 0 amide bonds. The van der Waals surface area contributed by atoms with Gasteiger partial charge in [0.05, 0.1) is 0 Å². The Kier molecular flexibility index (Phi) is 3.49. The first-order chi connectivity index (χ1) is 8.13. The van der Waals surface area contributed by atoms with E-state index in [0.717, 1.165) is 13.0 Å². The van der Waals surface area contributed by atoms with Crippen molar-refractivity contribution in [1.29, 1.82) is 0 Å². The van der Waals surface area contributed by atoms with Crippen LogP contribution in [-0.4, -0.2) is 13.6 Å². The predicted molar refractivity (Wildman–Crippen MR) is 75.5 cm³/mol. The Labute approximate surface area is 104 Å². The first-order valence-corrected chi connectivity index (χ1v) is 6.27. The van der Waals surface area contributed by atoms with Crippen LogP contribution in [0.25, 0.3) is 10.8 Å². The van der Waals surface area contributed by atoms with E-state index in [-0.39, 0.29) is 5.41 Å². The number of fused-ring (bicyclic) bond motifs is 1. The van der Waals surface area contributed by atoms with Crippen LogP contribution in [0.1, 0.15) is 25.8 Å². The highest BCUT2D eigenvalue weighted by Gasteiger charge is 2.19. The third-order valence-corrected chi connectivity index (χ3v) is 3.53. The van der Waals surface area contributed by atoms with E-state index in [0.29, 0.717) is 0 Å². The second-order valence-electron chi connectivity index (χ2n) is 5.30. The summed E-state index contributed by atoms with van der Waals surface area (Å²) in [5.74, 6) is 0. The van der Waals surface area contributed by atoms with Gasteiger partial charge in [-0.15, -0.1) is 0 Å². The molecule has 0 bridgehead atoms. The maximum absolute atomic E-state index is 3.23. The van der Waals surface area contributed by atoms with E-state index < -0.39 is 0 Å². The van der Waals surface area contributed by atoms with Crippen LogP contribution in [-0.2, 0) is 5.41 Å². The molecule has 0 fully saturated rings. The minimum Gasteiger partial charge on any atom is -0.320 e. The molecule has 0 radical (unpaired) electrons. The third-order valence-electron chi connectivity index (χ3n) is 3.53. The lowest BCUT2D eigenvalue weighted by Gasteiger charge is -2.25. The van der Waals surface area contributed by atoms with E-state index in [9.17, 15) is 0 Å². The van der Waals surface area contributed by atoms with Gasteiger partial charge in [0.15, 0.2) is 0 Å². The molecule has 2 rings (SSSR count). The first-order valence-electron chi connectivity index (χ1n) is 6.27. The highest BCUT2D eigenvalue weighted by atomic mass is 14.8. The van der Waals surface area contributed by atoms with Crippen LogP contribution in [0.3, 0.4) is 0 Å².